The van der Waals surface area contributed by atoms with Gasteiger partial charge in [0.15, 0.2) is 11.5 Å². The first-order chi connectivity index (χ1) is 9.73. The first-order valence-electron chi connectivity index (χ1n) is 6.47. The lowest BCUT2D eigenvalue weighted by Crippen LogP contribution is -2.18. The van der Waals surface area contributed by atoms with Crippen molar-refractivity contribution in [2.75, 3.05) is 6.61 Å². The molecule has 0 radical (unpaired) electrons. The number of hydrogen-bond donors (Lipinski definition) is 0. The van der Waals surface area contributed by atoms with E-state index < -0.39 is 13.4 Å². The molecule has 4 nitrogen and oxygen atoms in total. The van der Waals surface area contributed by atoms with Gasteiger partial charge in [0, 0.05) is 5.56 Å². The van der Waals surface area contributed by atoms with Crippen LogP contribution in [0.2, 0.25) is 0 Å². The third-order valence-corrected chi connectivity index (χ3v) is 5.04. The van der Waals surface area contributed by atoms with Gasteiger partial charge in [-0.25, -0.2) is 4.57 Å². The maximum atomic E-state index is 13.0. The van der Waals surface area contributed by atoms with Crippen molar-refractivity contribution in [2.45, 2.75) is 12.8 Å². The molecular formula is C15H15O4P. The van der Waals surface area contributed by atoms with Gasteiger partial charge in [-0.15, -0.1) is 0 Å². The quantitative estimate of drug-likeness (QED) is 0.787. The molecule has 0 spiro atoms. The Kier molecular flexibility index (Phi) is 3.51. The average molecular weight is 290 g/mol. The van der Waals surface area contributed by atoms with Gasteiger partial charge in [0.05, 0.1) is 6.61 Å². The zero-order valence-corrected chi connectivity index (χ0v) is 12.0. The third kappa shape index (κ3) is 2.33. The lowest BCUT2D eigenvalue weighted by molar-refractivity contribution is 0.173. The summed E-state index contributed by atoms with van der Waals surface area (Å²) in [5.41, 5.74) is 0.777. The molecule has 20 heavy (non-hydrogen) atoms. The largest absolute Gasteiger partial charge is 0.468 e. The average Bonchev–Trinajstić information content (AvgIpc) is 2.47. The molecule has 2 aromatic carbocycles. The summed E-state index contributed by atoms with van der Waals surface area (Å²) in [4.78, 5) is 0. The van der Waals surface area contributed by atoms with Crippen LogP contribution in [-0.4, -0.2) is 6.61 Å². The highest BCUT2D eigenvalue weighted by Crippen LogP contribution is 2.65. The molecule has 0 amide bonds. The summed E-state index contributed by atoms with van der Waals surface area (Å²) in [6.07, 6.45) is 0. The molecule has 0 aliphatic carbocycles. The van der Waals surface area contributed by atoms with Crippen LogP contribution in [0.4, 0.5) is 0 Å². The van der Waals surface area contributed by atoms with Gasteiger partial charge in [-0.1, -0.05) is 42.5 Å². The van der Waals surface area contributed by atoms with E-state index in [1.54, 1.807) is 25.1 Å². The van der Waals surface area contributed by atoms with E-state index in [0.717, 1.165) is 5.56 Å². The van der Waals surface area contributed by atoms with E-state index in [4.69, 9.17) is 13.8 Å². The lowest BCUT2D eigenvalue weighted by atomic mass is 10.2. The van der Waals surface area contributed by atoms with E-state index in [2.05, 4.69) is 0 Å². The number of ether oxygens (including phenoxy) is 1. The Hall–Kier alpha value is -1.77. The predicted octanol–water partition coefficient (Wildman–Crippen LogP) is 4.39. The second-order valence-corrected chi connectivity index (χ2v) is 6.37. The van der Waals surface area contributed by atoms with Crippen molar-refractivity contribution in [3.05, 3.63) is 60.2 Å². The first-order valence-corrected chi connectivity index (χ1v) is 8.08. The summed E-state index contributed by atoms with van der Waals surface area (Å²) >= 11 is 0. The van der Waals surface area contributed by atoms with Gasteiger partial charge in [-0.05, 0) is 19.1 Å². The smallest absolute Gasteiger partial charge is 0.424 e. The minimum Gasteiger partial charge on any atom is -0.468 e. The van der Waals surface area contributed by atoms with Gasteiger partial charge >= 0.3 is 7.60 Å². The van der Waals surface area contributed by atoms with Crippen LogP contribution in [0.25, 0.3) is 0 Å². The zero-order chi connectivity index (χ0) is 14.0. The highest BCUT2D eigenvalue weighted by molar-refractivity contribution is 7.54. The molecule has 0 aromatic heterocycles. The number of benzene rings is 2. The lowest BCUT2D eigenvalue weighted by Gasteiger charge is -2.32. The van der Waals surface area contributed by atoms with Crippen LogP contribution in [0.15, 0.2) is 54.6 Å². The van der Waals surface area contributed by atoms with Crippen molar-refractivity contribution in [2.24, 2.45) is 0 Å². The SMILES string of the molecule is CCO[P@]1(=O)Oc2ccccc2O[C@@H]1c1ccccc1. The number of rotatable bonds is 3. The first kappa shape index (κ1) is 13.2. The second-order valence-electron chi connectivity index (χ2n) is 4.38. The van der Waals surface area contributed by atoms with Crippen molar-refractivity contribution < 1.29 is 18.3 Å². The van der Waals surface area contributed by atoms with Crippen LogP contribution in [0.5, 0.6) is 11.5 Å². The van der Waals surface area contributed by atoms with E-state index in [1.165, 1.54) is 0 Å². The van der Waals surface area contributed by atoms with Crippen molar-refractivity contribution >= 4 is 7.60 Å². The van der Waals surface area contributed by atoms with E-state index >= 15 is 0 Å². The van der Waals surface area contributed by atoms with Crippen LogP contribution in [0.1, 0.15) is 18.3 Å². The molecule has 0 N–H and O–H groups in total. The molecule has 1 aliphatic rings. The van der Waals surface area contributed by atoms with Gasteiger partial charge in [0.2, 0.25) is 5.85 Å². The molecule has 0 fully saturated rings. The van der Waals surface area contributed by atoms with Gasteiger partial charge in [0.25, 0.3) is 0 Å². The summed E-state index contributed by atoms with van der Waals surface area (Å²) in [7, 11) is -3.40. The fourth-order valence-corrected chi connectivity index (χ4v) is 3.98. The molecule has 0 saturated carbocycles. The Bertz CT molecular complexity index is 641. The zero-order valence-electron chi connectivity index (χ0n) is 11.1. The highest BCUT2D eigenvalue weighted by Gasteiger charge is 2.44. The van der Waals surface area contributed by atoms with Crippen LogP contribution in [0, 0.1) is 0 Å². The molecule has 0 bridgehead atoms. The number of para-hydroxylation sites is 2. The predicted molar refractivity (Wildman–Crippen MR) is 76.1 cm³/mol. The fraction of sp³-hybridized carbons (Fsp3) is 0.200. The Morgan fingerprint density at radius 2 is 1.70 bits per heavy atom. The number of hydrogen-bond acceptors (Lipinski definition) is 4. The maximum absolute atomic E-state index is 13.0. The van der Waals surface area contributed by atoms with Gasteiger partial charge < -0.3 is 9.26 Å². The molecule has 1 aliphatic heterocycles. The molecular weight excluding hydrogens is 275 g/mol. The van der Waals surface area contributed by atoms with Gasteiger partial charge in [-0.2, -0.15) is 0 Å². The van der Waals surface area contributed by atoms with E-state index in [-0.39, 0.29) is 0 Å². The van der Waals surface area contributed by atoms with E-state index in [9.17, 15) is 4.57 Å². The normalized spacial score (nSPS) is 24.4. The Labute approximate surface area is 117 Å². The molecule has 5 heteroatoms. The van der Waals surface area contributed by atoms with Crippen LogP contribution >= 0.6 is 7.60 Å². The topological polar surface area (TPSA) is 44.8 Å². The molecule has 3 rings (SSSR count). The molecule has 2 aromatic rings. The summed E-state index contributed by atoms with van der Waals surface area (Å²) in [5, 5.41) is 0. The maximum Gasteiger partial charge on any atom is 0.424 e. The molecule has 104 valence electrons. The molecule has 0 unspecified atom stereocenters. The Morgan fingerprint density at radius 1 is 1.05 bits per heavy atom. The summed E-state index contributed by atoms with van der Waals surface area (Å²) in [5.74, 6) is 0.294. The fourth-order valence-electron chi connectivity index (χ4n) is 2.13. The highest BCUT2D eigenvalue weighted by atomic mass is 31.2. The van der Waals surface area contributed by atoms with Gasteiger partial charge in [0.1, 0.15) is 0 Å². The molecule has 0 saturated heterocycles. The van der Waals surface area contributed by atoms with Gasteiger partial charge in [-0.3, -0.25) is 4.52 Å². The summed E-state index contributed by atoms with van der Waals surface area (Å²) in [6.45, 7) is 2.08. The van der Waals surface area contributed by atoms with E-state index in [0.29, 0.717) is 18.1 Å². The van der Waals surface area contributed by atoms with Crippen molar-refractivity contribution in [3.63, 3.8) is 0 Å². The monoisotopic (exact) mass is 290 g/mol. The van der Waals surface area contributed by atoms with Crippen molar-refractivity contribution in [1.82, 2.24) is 0 Å². The minimum absolute atomic E-state index is 0.298. The molecule has 2 atom stereocenters. The summed E-state index contributed by atoms with van der Waals surface area (Å²) in [6, 6.07) is 16.5. The van der Waals surface area contributed by atoms with Crippen LogP contribution in [-0.2, 0) is 9.09 Å². The van der Waals surface area contributed by atoms with Crippen molar-refractivity contribution in [3.8, 4) is 11.5 Å². The minimum atomic E-state index is -3.40. The Balaban J connectivity index is 2.05. The van der Waals surface area contributed by atoms with Crippen molar-refractivity contribution in [1.29, 1.82) is 0 Å². The third-order valence-electron chi connectivity index (χ3n) is 2.99. The molecule has 1 heterocycles. The summed E-state index contributed by atoms with van der Waals surface area (Å²) < 4.78 is 29.9. The number of fused-ring (bicyclic) bond motifs is 1. The second kappa shape index (κ2) is 5.31. The van der Waals surface area contributed by atoms with Crippen LogP contribution < -0.4 is 9.26 Å². The Morgan fingerprint density at radius 3 is 2.40 bits per heavy atom. The van der Waals surface area contributed by atoms with E-state index in [1.807, 2.05) is 36.4 Å². The standard InChI is InChI=1S/C15H15O4P/c1-2-17-20(16)15(12-8-4-3-5-9-12)18-13-10-6-7-11-14(13)19-20/h3-11,15H,2H2,1H3/t15-,20-/m0/s1. The van der Waals surface area contributed by atoms with Crippen LogP contribution in [0.3, 0.4) is 0 Å².